The van der Waals surface area contributed by atoms with Gasteiger partial charge in [0, 0.05) is 48.3 Å². The Hall–Kier alpha value is -2.37. The van der Waals surface area contributed by atoms with Crippen LogP contribution >= 0.6 is 11.6 Å². The molecule has 0 aromatic rings. The molecule has 3 N–H and O–H groups in total. The summed E-state index contributed by atoms with van der Waals surface area (Å²) < 4.78 is 9.96. The van der Waals surface area contributed by atoms with Crippen molar-refractivity contribution in [3.63, 3.8) is 0 Å². The summed E-state index contributed by atoms with van der Waals surface area (Å²) in [6, 6.07) is 0. The second-order valence-corrected chi connectivity index (χ2v) is 7.28. The van der Waals surface area contributed by atoms with E-state index in [4.69, 9.17) is 22.1 Å². The lowest BCUT2D eigenvalue weighted by atomic mass is 9.79. The highest BCUT2D eigenvalue weighted by molar-refractivity contribution is 6.31. The monoisotopic (exact) mass is 462 g/mol. The summed E-state index contributed by atoms with van der Waals surface area (Å²) in [6.07, 6.45) is 11.9. The van der Waals surface area contributed by atoms with Crippen LogP contribution in [0.25, 0.3) is 0 Å². The SMILES string of the molecule is CC.CCOC(C)=O.NCCOCC1=CC(C2=C=C(Cl)C=CC=C2)C2=C(CCCC2=O)N1. The number of hydrogen-bond donors (Lipinski definition) is 2. The Balaban J connectivity index is 0.000000556. The summed E-state index contributed by atoms with van der Waals surface area (Å²) in [6.45, 7) is 9.10. The zero-order chi connectivity index (χ0) is 23.9. The highest BCUT2D eigenvalue weighted by Crippen LogP contribution is 2.36. The Kier molecular flexibility index (Phi) is 13.3. The van der Waals surface area contributed by atoms with Gasteiger partial charge in [-0.3, -0.25) is 9.59 Å². The van der Waals surface area contributed by atoms with E-state index >= 15 is 0 Å². The number of esters is 1. The molecule has 0 bridgehead atoms. The van der Waals surface area contributed by atoms with Gasteiger partial charge < -0.3 is 20.5 Å². The van der Waals surface area contributed by atoms with E-state index in [1.54, 1.807) is 13.0 Å². The van der Waals surface area contributed by atoms with Crippen LogP contribution in [0.2, 0.25) is 0 Å². The van der Waals surface area contributed by atoms with Crippen molar-refractivity contribution in [3.05, 3.63) is 63.7 Å². The molecular formula is C25H35ClN2O4. The van der Waals surface area contributed by atoms with Crippen LogP contribution in [0.5, 0.6) is 0 Å². The molecule has 0 radical (unpaired) electrons. The molecule has 1 aliphatic heterocycles. The first-order chi connectivity index (χ1) is 15.5. The molecule has 6 nitrogen and oxygen atoms in total. The van der Waals surface area contributed by atoms with Gasteiger partial charge in [-0.25, -0.2) is 0 Å². The van der Waals surface area contributed by atoms with Gasteiger partial charge in [0.15, 0.2) is 5.78 Å². The Morgan fingerprint density at radius 1 is 1.28 bits per heavy atom. The molecular weight excluding hydrogens is 428 g/mol. The van der Waals surface area contributed by atoms with Crippen LogP contribution in [0.1, 0.15) is 47.0 Å². The summed E-state index contributed by atoms with van der Waals surface area (Å²) in [5.74, 6) is -0.157. The van der Waals surface area contributed by atoms with Crippen LogP contribution in [-0.2, 0) is 19.1 Å². The maximum Gasteiger partial charge on any atom is 0.302 e. The van der Waals surface area contributed by atoms with Crippen LogP contribution in [0.4, 0.5) is 0 Å². The largest absolute Gasteiger partial charge is 0.466 e. The smallest absolute Gasteiger partial charge is 0.302 e. The zero-order valence-electron chi connectivity index (χ0n) is 19.5. The van der Waals surface area contributed by atoms with Crippen LogP contribution < -0.4 is 11.1 Å². The van der Waals surface area contributed by atoms with Gasteiger partial charge in [0.05, 0.1) is 24.9 Å². The van der Waals surface area contributed by atoms with Gasteiger partial charge in [-0.15, -0.1) is 0 Å². The lowest BCUT2D eigenvalue weighted by molar-refractivity contribution is -0.140. The Labute approximate surface area is 196 Å². The maximum atomic E-state index is 12.5. The predicted molar refractivity (Wildman–Crippen MR) is 129 cm³/mol. The highest BCUT2D eigenvalue weighted by Gasteiger charge is 2.32. The van der Waals surface area contributed by atoms with Gasteiger partial charge in [0.1, 0.15) is 0 Å². The Bertz CT molecular complexity index is 846. The van der Waals surface area contributed by atoms with Gasteiger partial charge in [0.25, 0.3) is 0 Å². The number of ketones is 1. The van der Waals surface area contributed by atoms with Crippen molar-refractivity contribution in [2.75, 3.05) is 26.4 Å². The number of carbonyl (C=O) groups is 2. The number of nitrogens with one attached hydrogen (secondary N) is 1. The first kappa shape index (κ1) is 27.7. The summed E-state index contributed by atoms with van der Waals surface area (Å²) >= 11 is 6.17. The molecule has 1 unspecified atom stereocenters. The van der Waals surface area contributed by atoms with Crippen molar-refractivity contribution >= 4 is 23.4 Å². The third-order valence-corrected chi connectivity index (χ3v) is 4.76. The third kappa shape index (κ3) is 9.01. The molecule has 0 saturated carbocycles. The molecule has 7 heteroatoms. The highest BCUT2D eigenvalue weighted by atomic mass is 35.5. The van der Waals surface area contributed by atoms with E-state index < -0.39 is 0 Å². The minimum atomic E-state index is -0.211. The van der Waals surface area contributed by atoms with Crippen LogP contribution in [0, 0.1) is 5.92 Å². The fourth-order valence-corrected chi connectivity index (χ4v) is 3.56. The van der Waals surface area contributed by atoms with E-state index in [1.807, 2.05) is 38.2 Å². The second-order valence-electron chi connectivity index (χ2n) is 6.88. The summed E-state index contributed by atoms with van der Waals surface area (Å²) in [5, 5.41) is 3.91. The number of ether oxygens (including phenoxy) is 2. The van der Waals surface area contributed by atoms with Crippen molar-refractivity contribution < 1.29 is 19.1 Å². The number of allylic oxidation sites excluding steroid dienone is 8. The quantitative estimate of drug-likeness (QED) is 0.344. The third-order valence-electron chi connectivity index (χ3n) is 4.54. The number of hydrogen-bond acceptors (Lipinski definition) is 6. The average Bonchev–Trinajstić information content (AvgIpc) is 2.99. The lowest BCUT2D eigenvalue weighted by Crippen LogP contribution is -2.32. The van der Waals surface area contributed by atoms with E-state index in [9.17, 15) is 9.59 Å². The fourth-order valence-electron chi connectivity index (χ4n) is 3.37. The molecule has 0 spiro atoms. The molecule has 2 aliphatic carbocycles. The van der Waals surface area contributed by atoms with Crippen molar-refractivity contribution in [2.45, 2.75) is 47.0 Å². The van der Waals surface area contributed by atoms with Gasteiger partial charge in [-0.2, -0.15) is 0 Å². The number of Topliss-reactive ketones (excluding diaryl/α,β-unsaturated/α-hetero) is 1. The standard InChI is InChI=1S/C19H21ClN2O2.C4H8O2.C2H6/c20-14-5-2-1-4-13(10-14)16-11-15(12-24-9-8-21)22-17-6-3-7-18(23)19(16)17;1-3-6-4(2)5;1-2/h1-2,4-5,11,16,22H,3,6-9,12,21H2;3H2,1-2H3;1-2H3. The molecule has 1 atom stereocenters. The summed E-state index contributed by atoms with van der Waals surface area (Å²) in [5.41, 5.74) is 12.4. The van der Waals surface area contributed by atoms with E-state index in [0.29, 0.717) is 37.8 Å². The first-order valence-electron chi connectivity index (χ1n) is 11.1. The van der Waals surface area contributed by atoms with E-state index in [-0.39, 0.29) is 17.7 Å². The van der Waals surface area contributed by atoms with Crippen LogP contribution in [0.15, 0.2) is 63.7 Å². The van der Waals surface area contributed by atoms with Gasteiger partial charge in [-0.05, 0) is 25.8 Å². The van der Waals surface area contributed by atoms with Crippen molar-refractivity contribution in [1.29, 1.82) is 0 Å². The molecule has 0 aromatic heterocycles. The Morgan fingerprint density at radius 2 is 2.00 bits per heavy atom. The number of dihydropyridines is 1. The molecule has 3 rings (SSSR count). The molecule has 176 valence electrons. The lowest BCUT2D eigenvalue weighted by Gasteiger charge is -2.31. The normalized spacial score (nSPS) is 19.0. The molecule has 32 heavy (non-hydrogen) atoms. The molecule has 0 amide bonds. The van der Waals surface area contributed by atoms with Crippen LogP contribution in [-0.4, -0.2) is 38.1 Å². The molecule has 3 aliphatic rings. The average molecular weight is 463 g/mol. The second kappa shape index (κ2) is 15.4. The van der Waals surface area contributed by atoms with Crippen LogP contribution in [0.3, 0.4) is 0 Å². The molecule has 0 aromatic carbocycles. The minimum Gasteiger partial charge on any atom is -0.466 e. The van der Waals surface area contributed by atoms with Crippen molar-refractivity contribution in [3.8, 4) is 0 Å². The van der Waals surface area contributed by atoms with Crippen molar-refractivity contribution in [1.82, 2.24) is 5.32 Å². The molecule has 0 saturated heterocycles. The maximum absolute atomic E-state index is 12.5. The topological polar surface area (TPSA) is 90.7 Å². The predicted octanol–water partition coefficient (Wildman–Crippen LogP) is 4.44. The molecule has 1 heterocycles. The Morgan fingerprint density at radius 3 is 2.62 bits per heavy atom. The summed E-state index contributed by atoms with van der Waals surface area (Å²) in [4.78, 5) is 22.3. The first-order valence-corrected chi connectivity index (χ1v) is 11.5. The number of carbonyl (C=O) groups excluding carboxylic acids is 2. The number of rotatable bonds is 6. The summed E-state index contributed by atoms with van der Waals surface area (Å²) in [7, 11) is 0. The zero-order valence-corrected chi connectivity index (χ0v) is 20.3. The van der Waals surface area contributed by atoms with E-state index in [1.165, 1.54) is 6.92 Å². The number of nitrogens with two attached hydrogens (primary N) is 1. The van der Waals surface area contributed by atoms with Crippen molar-refractivity contribution in [2.24, 2.45) is 11.7 Å². The molecule has 0 fully saturated rings. The van der Waals surface area contributed by atoms with E-state index in [0.717, 1.165) is 35.4 Å². The fraction of sp³-hybridized carbons (Fsp3) is 0.480. The van der Waals surface area contributed by atoms with Gasteiger partial charge in [0.2, 0.25) is 0 Å². The minimum absolute atomic E-state index is 0.143. The van der Waals surface area contributed by atoms with Gasteiger partial charge in [-0.1, -0.05) is 55.5 Å². The number of halogens is 1. The van der Waals surface area contributed by atoms with Gasteiger partial charge >= 0.3 is 5.97 Å². The van der Waals surface area contributed by atoms with E-state index in [2.05, 4.69) is 15.8 Å².